The number of halogens is 1. The molecule has 3 heteroatoms. The van der Waals surface area contributed by atoms with E-state index in [4.69, 9.17) is 11.6 Å². The minimum absolute atomic E-state index is 0.183. The first-order chi connectivity index (χ1) is 11.0. The van der Waals surface area contributed by atoms with Crippen molar-refractivity contribution in [1.29, 1.82) is 0 Å². The normalized spacial score (nSPS) is 13.8. The number of aliphatic hydroxyl groups is 1. The molecule has 0 radical (unpaired) electrons. The Labute approximate surface area is 144 Å². The molecule has 2 unspecified atom stereocenters. The van der Waals surface area contributed by atoms with E-state index in [2.05, 4.69) is 49.5 Å². The molecule has 2 N–H and O–H groups in total. The monoisotopic (exact) mass is 331 g/mol. The zero-order valence-corrected chi connectivity index (χ0v) is 14.9. The molecule has 0 fully saturated rings. The second kappa shape index (κ2) is 8.49. The summed E-state index contributed by atoms with van der Waals surface area (Å²) >= 11 is 6.20. The summed E-state index contributed by atoms with van der Waals surface area (Å²) in [6, 6.07) is 14.6. The van der Waals surface area contributed by atoms with Crippen LogP contribution in [0.4, 0.5) is 0 Å². The average Bonchev–Trinajstić information content (AvgIpc) is 2.55. The van der Waals surface area contributed by atoms with Gasteiger partial charge in [0.2, 0.25) is 0 Å². The molecule has 0 saturated carbocycles. The Bertz CT molecular complexity index is 641. The number of rotatable bonds is 7. The molecule has 2 aromatic carbocycles. The number of benzene rings is 2. The van der Waals surface area contributed by atoms with Gasteiger partial charge >= 0.3 is 0 Å². The standard InChI is InChI=1S/C20H26ClNO/c1-14-7-4-5-8-18(14)11-17(13-23)12-22-16(3)19-9-6-10-20(21)15(19)2/h4-10,16-17,22-23H,11-13H2,1-3H3. The predicted octanol–water partition coefficient (Wildman–Crippen LogP) is 4.46. The van der Waals surface area contributed by atoms with Crippen LogP contribution >= 0.6 is 11.6 Å². The Morgan fingerprint density at radius 1 is 1.09 bits per heavy atom. The quantitative estimate of drug-likeness (QED) is 0.785. The fourth-order valence-electron chi connectivity index (χ4n) is 2.90. The molecular formula is C20H26ClNO. The fraction of sp³-hybridized carbons (Fsp3) is 0.400. The number of aryl methyl sites for hydroxylation is 1. The molecule has 2 rings (SSSR count). The maximum absolute atomic E-state index is 9.70. The molecular weight excluding hydrogens is 306 g/mol. The van der Waals surface area contributed by atoms with Crippen molar-refractivity contribution in [2.24, 2.45) is 5.92 Å². The summed E-state index contributed by atoms with van der Waals surface area (Å²) in [6.07, 6.45) is 0.886. The van der Waals surface area contributed by atoms with Crippen molar-refractivity contribution in [3.63, 3.8) is 0 Å². The molecule has 23 heavy (non-hydrogen) atoms. The van der Waals surface area contributed by atoms with Gasteiger partial charge in [-0.15, -0.1) is 0 Å². The Morgan fingerprint density at radius 2 is 1.83 bits per heavy atom. The molecule has 0 amide bonds. The van der Waals surface area contributed by atoms with E-state index in [1.54, 1.807) is 0 Å². The van der Waals surface area contributed by atoms with Gasteiger partial charge in [-0.25, -0.2) is 0 Å². The van der Waals surface area contributed by atoms with E-state index in [0.29, 0.717) is 0 Å². The number of nitrogens with one attached hydrogen (secondary N) is 1. The van der Waals surface area contributed by atoms with Crippen LogP contribution in [0.3, 0.4) is 0 Å². The number of hydrogen-bond donors (Lipinski definition) is 2. The number of hydrogen-bond acceptors (Lipinski definition) is 2. The highest BCUT2D eigenvalue weighted by molar-refractivity contribution is 6.31. The second-order valence-electron chi connectivity index (χ2n) is 6.26. The highest BCUT2D eigenvalue weighted by Crippen LogP contribution is 2.24. The van der Waals surface area contributed by atoms with Crippen LogP contribution in [0.1, 0.15) is 35.2 Å². The minimum Gasteiger partial charge on any atom is -0.396 e. The van der Waals surface area contributed by atoms with Gasteiger partial charge in [-0.1, -0.05) is 48.0 Å². The topological polar surface area (TPSA) is 32.3 Å². The molecule has 0 heterocycles. The lowest BCUT2D eigenvalue weighted by Crippen LogP contribution is -2.29. The largest absolute Gasteiger partial charge is 0.396 e. The van der Waals surface area contributed by atoms with Crippen molar-refractivity contribution in [1.82, 2.24) is 5.32 Å². The molecule has 0 aliphatic rings. The van der Waals surface area contributed by atoms with E-state index in [0.717, 1.165) is 23.6 Å². The maximum atomic E-state index is 9.70. The van der Waals surface area contributed by atoms with E-state index in [9.17, 15) is 5.11 Å². The molecule has 0 saturated heterocycles. The van der Waals surface area contributed by atoms with Crippen LogP contribution in [-0.4, -0.2) is 18.3 Å². The highest BCUT2D eigenvalue weighted by Gasteiger charge is 2.14. The molecule has 0 aliphatic heterocycles. The number of aliphatic hydroxyl groups excluding tert-OH is 1. The first kappa shape index (κ1) is 18.0. The summed E-state index contributed by atoms with van der Waals surface area (Å²) < 4.78 is 0. The van der Waals surface area contributed by atoms with Gasteiger partial charge < -0.3 is 10.4 Å². The molecule has 0 aliphatic carbocycles. The van der Waals surface area contributed by atoms with Crippen LogP contribution in [-0.2, 0) is 6.42 Å². The van der Waals surface area contributed by atoms with Gasteiger partial charge in [0, 0.05) is 24.2 Å². The van der Waals surface area contributed by atoms with Crippen LogP contribution in [0.2, 0.25) is 5.02 Å². The molecule has 0 bridgehead atoms. The Balaban J connectivity index is 1.97. The third kappa shape index (κ3) is 4.81. The van der Waals surface area contributed by atoms with Crippen LogP contribution in [0, 0.1) is 19.8 Å². The van der Waals surface area contributed by atoms with Crippen molar-refractivity contribution in [3.05, 3.63) is 69.7 Å². The van der Waals surface area contributed by atoms with Gasteiger partial charge in [-0.05, 0) is 61.4 Å². The summed E-state index contributed by atoms with van der Waals surface area (Å²) in [5.41, 5.74) is 4.92. The summed E-state index contributed by atoms with van der Waals surface area (Å²) in [5, 5.41) is 14.0. The first-order valence-electron chi connectivity index (χ1n) is 8.16. The van der Waals surface area contributed by atoms with Crippen LogP contribution in [0.15, 0.2) is 42.5 Å². The zero-order chi connectivity index (χ0) is 16.8. The Kier molecular flexibility index (Phi) is 6.64. The molecule has 2 atom stereocenters. The van der Waals surface area contributed by atoms with Crippen LogP contribution in [0.5, 0.6) is 0 Å². The van der Waals surface area contributed by atoms with Crippen molar-refractivity contribution in [3.8, 4) is 0 Å². The fourth-order valence-corrected chi connectivity index (χ4v) is 3.08. The lowest BCUT2D eigenvalue weighted by Gasteiger charge is -2.22. The van der Waals surface area contributed by atoms with Gasteiger partial charge in [-0.3, -0.25) is 0 Å². The molecule has 0 aromatic heterocycles. The Morgan fingerprint density at radius 3 is 2.52 bits per heavy atom. The van der Waals surface area contributed by atoms with E-state index in [1.165, 1.54) is 16.7 Å². The van der Waals surface area contributed by atoms with Gasteiger partial charge in [-0.2, -0.15) is 0 Å². The lowest BCUT2D eigenvalue weighted by molar-refractivity contribution is 0.218. The molecule has 2 aromatic rings. The van der Waals surface area contributed by atoms with E-state index >= 15 is 0 Å². The summed E-state index contributed by atoms with van der Waals surface area (Å²) in [5.74, 6) is 0.207. The van der Waals surface area contributed by atoms with Gasteiger partial charge in [0.05, 0.1) is 0 Å². The van der Waals surface area contributed by atoms with Crippen LogP contribution < -0.4 is 5.32 Å². The van der Waals surface area contributed by atoms with Crippen LogP contribution in [0.25, 0.3) is 0 Å². The van der Waals surface area contributed by atoms with Gasteiger partial charge in [0.1, 0.15) is 0 Å². The summed E-state index contributed by atoms with van der Waals surface area (Å²) in [4.78, 5) is 0. The van der Waals surface area contributed by atoms with Crippen molar-refractivity contribution >= 4 is 11.6 Å². The SMILES string of the molecule is Cc1ccccc1CC(CO)CNC(C)c1cccc(Cl)c1C. The summed E-state index contributed by atoms with van der Waals surface area (Å²) in [7, 11) is 0. The second-order valence-corrected chi connectivity index (χ2v) is 6.67. The third-order valence-electron chi connectivity index (χ3n) is 4.52. The molecule has 2 nitrogen and oxygen atoms in total. The third-order valence-corrected chi connectivity index (χ3v) is 4.93. The van der Waals surface area contributed by atoms with E-state index < -0.39 is 0 Å². The maximum Gasteiger partial charge on any atom is 0.0474 e. The van der Waals surface area contributed by atoms with Crippen molar-refractivity contribution in [2.75, 3.05) is 13.2 Å². The van der Waals surface area contributed by atoms with E-state index in [-0.39, 0.29) is 18.6 Å². The van der Waals surface area contributed by atoms with Crippen molar-refractivity contribution < 1.29 is 5.11 Å². The summed E-state index contributed by atoms with van der Waals surface area (Å²) in [6.45, 7) is 7.27. The highest BCUT2D eigenvalue weighted by atomic mass is 35.5. The van der Waals surface area contributed by atoms with E-state index in [1.807, 2.05) is 19.1 Å². The Hall–Kier alpha value is -1.35. The van der Waals surface area contributed by atoms with Gasteiger partial charge in [0.25, 0.3) is 0 Å². The minimum atomic E-state index is 0.183. The van der Waals surface area contributed by atoms with Gasteiger partial charge in [0.15, 0.2) is 0 Å². The molecule has 124 valence electrons. The zero-order valence-electron chi connectivity index (χ0n) is 14.1. The first-order valence-corrected chi connectivity index (χ1v) is 8.54. The average molecular weight is 332 g/mol. The lowest BCUT2D eigenvalue weighted by atomic mass is 9.95. The van der Waals surface area contributed by atoms with Crippen molar-refractivity contribution in [2.45, 2.75) is 33.2 Å². The predicted molar refractivity (Wildman–Crippen MR) is 98.1 cm³/mol. The smallest absolute Gasteiger partial charge is 0.0474 e. The molecule has 0 spiro atoms.